The number of hydrogen-bond acceptors (Lipinski definition) is 2. The largest absolute Gasteiger partial charge is 0.334 e. The monoisotopic (exact) mass is 192 g/mol. The molecule has 0 aromatic rings. The van der Waals surface area contributed by atoms with Gasteiger partial charge in [0.15, 0.2) is 0 Å². The van der Waals surface area contributed by atoms with Crippen LogP contribution in [0.1, 0.15) is 39.4 Å². The lowest BCUT2D eigenvalue weighted by atomic mass is 10.2. The van der Waals surface area contributed by atoms with Gasteiger partial charge in [-0.3, -0.25) is 4.79 Å². The molecule has 1 rings (SSSR count). The molecule has 12 heavy (non-hydrogen) atoms. The van der Waals surface area contributed by atoms with Crippen molar-refractivity contribution in [2.75, 3.05) is 18.8 Å². The van der Waals surface area contributed by atoms with Crippen LogP contribution in [0.3, 0.4) is 0 Å². The molecule has 1 amide bonds. The molecular formula is C9H17NOS. The first-order valence-electron chi connectivity index (χ1n) is 6.72. The van der Waals surface area contributed by atoms with Gasteiger partial charge in [0.25, 0.3) is 5.24 Å². The van der Waals surface area contributed by atoms with Crippen molar-refractivity contribution in [2.45, 2.75) is 32.5 Å². The molecule has 0 aromatic carbocycles. The second-order valence-electron chi connectivity index (χ2n) is 2.87. The standard InChI is InChI=1S/C9H17NOS/c1-2-12-9(11)10-7-5-3-4-6-8-10/h2-8H2,1H3/i1D3,2D2. The van der Waals surface area contributed by atoms with Gasteiger partial charge in [0.2, 0.25) is 0 Å². The fourth-order valence-corrected chi connectivity index (χ4v) is 1.76. The lowest BCUT2D eigenvalue weighted by molar-refractivity contribution is 0.225. The molecule has 0 saturated carbocycles. The summed E-state index contributed by atoms with van der Waals surface area (Å²) in [6.07, 6.45) is 3.95. The van der Waals surface area contributed by atoms with Gasteiger partial charge < -0.3 is 4.90 Å². The number of carbonyl (C=O) groups is 1. The first-order valence-corrected chi connectivity index (χ1v) is 5.03. The summed E-state index contributed by atoms with van der Waals surface area (Å²) >= 11 is 0.282. The van der Waals surface area contributed by atoms with Crippen molar-refractivity contribution in [3.63, 3.8) is 0 Å². The summed E-state index contributed by atoms with van der Waals surface area (Å²) in [5, 5.41) is -0.465. The number of carbonyl (C=O) groups excluding carboxylic acids is 1. The van der Waals surface area contributed by atoms with Crippen LogP contribution in [0.15, 0.2) is 0 Å². The van der Waals surface area contributed by atoms with Crippen molar-refractivity contribution < 1.29 is 11.6 Å². The molecule has 0 N–H and O–H groups in total. The third kappa shape index (κ3) is 3.05. The topological polar surface area (TPSA) is 20.3 Å². The van der Waals surface area contributed by atoms with E-state index >= 15 is 0 Å². The van der Waals surface area contributed by atoms with Gasteiger partial charge in [0.1, 0.15) is 0 Å². The van der Waals surface area contributed by atoms with E-state index in [9.17, 15) is 4.79 Å². The average molecular weight is 192 g/mol. The molecule has 0 aliphatic carbocycles. The maximum atomic E-state index is 11.8. The van der Waals surface area contributed by atoms with Gasteiger partial charge in [-0.15, -0.1) is 0 Å². The minimum absolute atomic E-state index is 0.282. The second-order valence-corrected chi connectivity index (χ2v) is 3.63. The van der Waals surface area contributed by atoms with Gasteiger partial charge in [-0.1, -0.05) is 31.5 Å². The molecule has 1 aliphatic heterocycles. The lowest BCUT2D eigenvalue weighted by Gasteiger charge is -2.18. The Hall–Kier alpha value is -0.180. The number of rotatable bonds is 1. The van der Waals surface area contributed by atoms with Crippen molar-refractivity contribution in [2.24, 2.45) is 0 Å². The van der Waals surface area contributed by atoms with Crippen LogP contribution in [0.5, 0.6) is 0 Å². The summed E-state index contributed by atoms with van der Waals surface area (Å²) in [6.45, 7) is -1.58. The van der Waals surface area contributed by atoms with Crippen LogP contribution in [0, 0.1) is 0 Å². The van der Waals surface area contributed by atoms with E-state index in [0.717, 1.165) is 25.7 Å². The Morgan fingerprint density at radius 3 is 2.75 bits per heavy atom. The molecular weight excluding hydrogens is 170 g/mol. The van der Waals surface area contributed by atoms with E-state index in [-0.39, 0.29) is 11.8 Å². The van der Waals surface area contributed by atoms with Crippen LogP contribution >= 0.6 is 11.8 Å². The summed E-state index contributed by atoms with van der Waals surface area (Å²) in [7, 11) is 0. The van der Waals surface area contributed by atoms with Crippen molar-refractivity contribution in [3.8, 4) is 0 Å². The smallest absolute Gasteiger partial charge is 0.281 e. The number of thioether (sulfide) groups is 1. The van der Waals surface area contributed by atoms with Crippen molar-refractivity contribution in [3.05, 3.63) is 0 Å². The summed E-state index contributed by atoms with van der Waals surface area (Å²) < 4.78 is 36.0. The quantitative estimate of drug-likeness (QED) is 0.636. The van der Waals surface area contributed by atoms with Crippen LogP contribution in [0.2, 0.25) is 0 Å². The van der Waals surface area contributed by atoms with Crippen LogP contribution in [0.25, 0.3) is 0 Å². The molecule has 1 fully saturated rings. The zero-order valence-electron chi connectivity index (χ0n) is 12.0. The minimum Gasteiger partial charge on any atom is -0.334 e. The predicted molar refractivity (Wildman–Crippen MR) is 53.6 cm³/mol. The lowest BCUT2D eigenvalue weighted by Crippen LogP contribution is -2.28. The molecule has 0 bridgehead atoms. The van der Waals surface area contributed by atoms with E-state index < -0.39 is 17.8 Å². The van der Waals surface area contributed by atoms with Crippen molar-refractivity contribution in [1.82, 2.24) is 4.90 Å². The maximum absolute atomic E-state index is 11.8. The fourth-order valence-electron chi connectivity index (χ4n) is 1.36. The number of amides is 1. The van der Waals surface area contributed by atoms with Gasteiger partial charge >= 0.3 is 0 Å². The summed E-state index contributed by atoms with van der Waals surface area (Å²) in [6, 6.07) is 0. The van der Waals surface area contributed by atoms with E-state index in [0.29, 0.717) is 13.1 Å². The Morgan fingerprint density at radius 1 is 1.50 bits per heavy atom. The zero-order valence-corrected chi connectivity index (χ0v) is 7.82. The van der Waals surface area contributed by atoms with Gasteiger partial charge in [0, 0.05) is 19.9 Å². The molecule has 0 unspecified atom stereocenters. The van der Waals surface area contributed by atoms with E-state index in [4.69, 9.17) is 6.85 Å². The molecule has 3 heteroatoms. The Kier molecular flexibility index (Phi) is 2.23. The molecule has 1 aliphatic rings. The molecule has 0 spiro atoms. The van der Waals surface area contributed by atoms with Crippen LogP contribution in [-0.2, 0) is 0 Å². The summed E-state index contributed by atoms with van der Waals surface area (Å²) in [5.74, 6) is 0. The Morgan fingerprint density at radius 2 is 2.17 bits per heavy atom. The minimum atomic E-state index is -2.78. The number of nitrogens with zero attached hydrogens (tertiary/aromatic N) is 1. The highest BCUT2D eigenvalue weighted by Crippen LogP contribution is 2.15. The molecule has 1 heterocycles. The summed E-state index contributed by atoms with van der Waals surface area (Å²) in [5.41, 5.74) is -2.52. The average Bonchev–Trinajstić information content (AvgIpc) is 2.42. The third-order valence-corrected chi connectivity index (χ3v) is 2.54. The predicted octanol–water partition coefficient (Wildman–Crippen LogP) is 2.74. The first kappa shape index (κ1) is 4.89. The van der Waals surface area contributed by atoms with Crippen molar-refractivity contribution in [1.29, 1.82) is 0 Å². The Labute approximate surface area is 85.7 Å². The van der Waals surface area contributed by atoms with Crippen LogP contribution in [0.4, 0.5) is 4.79 Å². The molecule has 0 radical (unpaired) electrons. The summed E-state index contributed by atoms with van der Waals surface area (Å²) in [4.78, 5) is 13.4. The third-order valence-electron chi connectivity index (χ3n) is 2.00. The van der Waals surface area contributed by atoms with E-state index in [2.05, 4.69) is 0 Å². The highest BCUT2D eigenvalue weighted by molar-refractivity contribution is 8.13. The van der Waals surface area contributed by atoms with Gasteiger partial charge in [0.05, 0.1) is 0 Å². The van der Waals surface area contributed by atoms with Crippen LogP contribution in [-0.4, -0.2) is 28.9 Å². The Bertz CT molecular complexity index is 273. The number of likely N-dealkylation sites (tertiary alicyclic amines) is 1. The zero-order chi connectivity index (χ0) is 13.1. The molecule has 2 nitrogen and oxygen atoms in total. The highest BCUT2D eigenvalue weighted by Gasteiger charge is 2.14. The van der Waals surface area contributed by atoms with Crippen LogP contribution < -0.4 is 0 Å². The number of hydrogen-bond donors (Lipinski definition) is 0. The first-order chi connectivity index (χ1) is 7.74. The SMILES string of the molecule is [2H]C([2H])([2H])C([2H])([2H])SC(=O)N1CCCCCC1. The van der Waals surface area contributed by atoms with E-state index in [1.165, 1.54) is 0 Å². The van der Waals surface area contributed by atoms with Gasteiger partial charge in [-0.25, -0.2) is 0 Å². The highest BCUT2D eigenvalue weighted by atomic mass is 32.2. The fraction of sp³-hybridized carbons (Fsp3) is 0.889. The molecule has 0 atom stereocenters. The van der Waals surface area contributed by atoms with Gasteiger partial charge in [-0.05, 0) is 18.5 Å². The molecule has 70 valence electrons. The van der Waals surface area contributed by atoms with E-state index in [1.807, 2.05) is 0 Å². The van der Waals surface area contributed by atoms with E-state index in [1.54, 1.807) is 4.90 Å². The molecule has 0 aromatic heterocycles. The normalized spacial score (nSPS) is 27.3. The van der Waals surface area contributed by atoms with Gasteiger partial charge in [-0.2, -0.15) is 0 Å². The second kappa shape index (κ2) is 5.46. The molecule has 1 saturated heterocycles. The Balaban J connectivity index is 2.58. The maximum Gasteiger partial charge on any atom is 0.281 e. The van der Waals surface area contributed by atoms with Crippen molar-refractivity contribution >= 4 is 17.0 Å².